The first kappa shape index (κ1) is 25.0. The lowest BCUT2D eigenvalue weighted by Gasteiger charge is -2.31. The number of nitrogens with one attached hydrogen (secondary N) is 1. The average molecular weight is 459 g/mol. The van der Waals surface area contributed by atoms with Crippen LogP contribution in [0.3, 0.4) is 0 Å². The van der Waals surface area contributed by atoms with Crippen LogP contribution in [-0.4, -0.2) is 35.9 Å². The highest BCUT2D eigenvalue weighted by atomic mass is 16.5. The summed E-state index contributed by atoms with van der Waals surface area (Å²) < 4.78 is 5.86. The van der Waals surface area contributed by atoms with Crippen LogP contribution in [0.2, 0.25) is 0 Å². The number of nitrogens with zero attached hydrogens (tertiary/aromatic N) is 1. The Morgan fingerprint density at radius 3 is 2.15 bits per heavy atom. The zero-order valence-corrected chi connectivity index (χ0v) is 20.3. The largest absolute Gasteiger partial charge is 0.484 e. The molecule has 0 bridgehead atoms. The molecule has 0 aliphatic rings. The van der Waals surface area contributed by atoms with E-state index in [1.54, 1.807) is 4.90 Å². The Morgan fingerprint density at radius 1 is 0.882 bits per heavy atom. The molecule has 5 heteroatoms. The standard InChI is InChI=1S/C29H34N2O3/c1-4-17-30-29(33)27(19-24-11-7-5-8-12-24)31(20-25-13-9-6-10-14-25)28(32)21-34-26-16-15-22(2)23(3)18-26/h5-16,18,27H,4,17,19-21H2,1-3H3,(H,30,33)/t27-/m1/s1. The van der Waals surface area contributed by atoms with Gasteiger partial charge in [0.15, 0.2) is 6.61 Å². The van der Waals surface area contributed by atoms with E-state index in [2.05, 4.69) is 5.32 Å². The molecule has 3 aromatic carbocycles. The number of ether oxygens (including phenoxy) is 1. The van der Waals surface area contributed by atoms with E-state index in [9.17, 15) is 9.59 Å². The Kier molecular flexibility index (Phi) is 9.27. The van der Waals surface area contributed by atoms with E-state index < -0.39 is 6.04 Å². The molecular weight excluding hydrogens is 424 g/mol. The molecule has 0 heterocycles. The van der Waals surface area contributed by atoms with Gasteiger partial charge in [0.25, 0.3) is 5.91 Å². The van der Waals surface area contributed by atoms with Gasteiger partial charge in [-0.3, -0.25) is 9.59 Å². The summed E-state index contributed by atoms with van der Waals surface area (Å²) in [6.45, 7) is 6.82. The first-order chi connectivity index (χ1) is 16.5. The fraction of sp³-hybridized carbons (Fsp3) is 0.310. The third kappa shape index (κ3) is 7.20. The van der Waals surface area contributed by atoms with Crippen molar-refractivity contribution in [3.63, 3.8) is 0 Å². The molecular formula is C29H34N2O3. The molecule has 0 aromatic heterocycles. The zero-order valence-electron chi connectivity index (χ0n) is 20.3. The molecule has 0 radical (unpaired) electrons. The lowest BCUT2D eigenvalue weighted by Crippen LogP contribution is -2.51. The van der Waals surface area contributed by atoms with Crippen LogP contribution < -0.4 is 10.1 Å². The highest BCUT2D eigenvalue weighted by Crippen LogP contribution is 2.18. The van der Waals surface area contributed by atoms with Crippen LogP contribution in [0, 0.1) is 13.8 Å². The maximum atomic E-state index is 13.5. The van der Waals surface area contributed by atoms with Crippen molar-refractivity contribution >= 4 is 11.8 Å². The third-order valence-corrected chi connectivity index (χ3v) is 5.86. The number of benzene rings is 3. The van der Waals surface area contributed by atoms with Crippen LogP contribution in [0.4, 0.5) is 0 Å². The van der Waals surface area contributed by atoms with Gasteiger partial charge >= 0.3 is 0 Å². The molecule has 0 aliphatic heterocycles. The van der Waals surface area contributed by atoms with Crippen molar-refractivity contribution < 1.29 is 14.3 Å². The van der Waals surface area contributed by atoms with Gasteiger partial charge in [0.1, 0.15) is 11.8 Å². The number of rotatable bonds is 11. The molecule has 0 spiro atoms. The summed E-state index contributed by atoms with van der Waals surface area (Å²) in [7, 11) is 0. The van der Waals surface area contributed by atoms with Crippen molar-refractivity contribution in [3.05, 3.63) is 101 Å². The lowest BCUT2D eigenvalue weighted by molar-refractivity contribution is -0.142. The van der Waals surface area contributed by atoms with E-state index >= 15 is 0 Å². The fourth-order valence-corrected chi connectivity index (χ4v) is 3.73. The van der Waals surface area contributed by atoms with Crippen LogP contribution in [0.25, 0.3) is 0 Å². The first-order valence-electron chi connectivity index (χ1n) is 11.8. The summed E-state index contributed by atoms with van der Waals surface area (Å²) in [6.07, 6.45) is 1.25. The van der Waals surface area contributed by atoms with Gasteiger partial charge in [-0.1, -0.05) is 73.7 Å². The number of carbonyl (C=O) groups excluding carboxylic acids is 2. The second-order valence-corrected chi connectivity index (χ2v) is 8.54. The van der Waals surface area contributed by atoms with Gasteiger partial charge < -0.3 is 15.0 Å². The molecule has 34 heavy (non-hydrogen) atoms. The number of aryl methyl sites for hydroxylation is 2. The number of hydrogen-bond donors (Lipinski definition) is 1. The van der Waals surface area contributed by atoms with Crippen LogP contribution in [0.5, 0.6) is 5.75 Å². The molecule has 1 atom stereocenters. The van der Waals surface area contributed by atoms with E-state index in [-0.39, 0.29) is 18.4 Å². The average Bonchev–Trinajstić information content (AvgIpc) is 2.86. The van der Waals surface area contributed by atoms with Gasteiger partial charge in [0.05, 0.1) is 0 Å². The molecule has 0 fully saturated rings. The second-order valence-electron chi connectivity index (χ2n) is 8.54. The van der Waals surface area contributed by atoms with E-state index in [0.29, 0.717) is 25.3 Å². The van der Waals surface area contributed by atoms with Crippen LogP contribution in [0.15, 0.2) is 78.9 Å². The summed E-state index contributed by atoms with van der Waals surface area (Å²) in [5.74, 6) is 0.266. The van der Waals surface area contributed by atoms with Crippen molar-refractivity contribution in [3.8, 4) is 5.75 Å². The molecule has 0 aliphatic carbocycles. The molecule has 0 saturated heterocycles. The zero-order chi connectivity index (χ0) is 24.3. The summed E-state index contributed by atoms with van der Waals surface area (Å²) in [5.41, 5.74) is 4.23. The quantitative estimate of drug-likeness (QED) is 0.447. The third-order valence-electron chi connectivity index (χ3n) is 5.86. The van der Waals surface area contributed by atoms with Gasteiger partial charge in [0, 0.05) is 19.5 Å². The molecule has 2 amide bonds. The summed E-state index contributed by atoms with van der Waals surface area (Å²) in [6, 6.07) is 24.7. The van der Waals surface area contributed by atoms with Gasteiger partial charge in [-0.15, -0.1) is 0 Å². The highest BCUT2D eigenvalue weighted by Gasteiger charge is 2.30. The smallest absolute Gasteiger partial charge is 0.261 e. The topological polar surface area (TPSA) is 58.6 Å². The predicted molar refractivity (Wildman–Crippen MR) is 136 cm³/mol. The Bertz CT molecular complexity index is 1070. The van der Waals surface area contributed by atoms with Gasteiger partial charge in [0.2, 0.25) is 5.91 Å². The molecule has 3 rings (SSSR count). The van der Waals surface area contributed by atoms with Crippen molar-refractivity contribution in [1.29, 1.82) is 0 Å². The number of carbonyl (C=O) groups is 2. The van der Waals surface area contributed by atoms with Crippen molar-refractivity contribution in [2.24, 2.45) is 0 Å². The number of amides is 2. The SMILES string of the molecule is CCCNC(=O)[C@@H](Cc1ccccc1)N(Cc1ccccc1)C(=O)COc1ccc(C)c(C)c1. The molecule has 0 unspecified atom stereocenters. The molecule has 0 saturated carbocycles. The monoisotopic (exact) mass is 458 g/mol. The van der Waals surface area contributed by atoms with Gasteiger partial charge in [-0.25, -0.2) is 0 Å². The normalized spacial score (nSPS) is 11.5. The minimum atomic E-state index is -0.648. The van der Waals surface area contributed by atoms with Crippen LogP contribution in [0.1, 0.15) is 35.6 Å². The highest BCUT2D eigenvalue weighted by molar-refractivity contribution is 5.88. The van der Waals surface area contributed by atoms with E-state index in [1.807, 2.05) is 99.6 Å². The molecule has 5 nitrogen and oxygen atoms in total. The Labute approximate surface area is 202 Å². The van der Waals surface area contributed by atoms with Gasteiger partial charge in [-0.05, 0) is 54.7 Å². The van der Waals surface area contributed by atoms with Crippen LogP contribution in [-0.2, 0) is 22.6 Å². The summed E-state index contributed by atoms with van der Waals surface area (Å²) in [5, 5.41) is 2.99. The first-order valence-corrected chi connectivity index (χ1v) is 11.8. The Balaban J connectivity index is 1.86. The summed E-state index contributed by atoms with van der Waals surface area (Å²) in [4.78, 5) is 28.4. The van der Waals surface area contributed by atoms with Crippen molar-refractivity contribution in [1.82, 2.24) is 10.2 Å². The minimum Gasteiger partial charge on any atom is -0.484 e. The number of hydrogen-bond acceptors (Lipinski definition) is 3. The van der Waals surface area contributed by atoms with Crippen molar-refractivity contribution in [2.75, 3.05) is 13.2 Å². The molecule has 1 N–H and O–H groups in total. The second kappa shape index (κ2) is 12.6. The lowest BCUT2D eigenvalue weighted by atomic mass is 10.0. The minimum absolute atomic E-state index is 0.137. The summed E-state index contributed by atoms with van der Waals surface area (Å²) >= 11 is 0. The van der Waals surface area contributed by atoms with E-state index in [4.69, 9.17) is 4.74 Å². The fourth-order valence-electron chi connectivity index (χ4n) is 3.73. The Morgan fingerprint density at radius 2 is 1.53 bits per heavy atom. The molecule has 178 valence electrons. The van der Waals surface area contributed by atoms with Crippen molar-refractivity contribution in [2.45, 2.75) is 46.2 Å². The Hall–Kier alpha value is -3.60. The maximum Gasteiger partial charge on any atom is 0.261 e. The van der Waals surface area contributed by atoms with E-state index in [1.165, 1.54) is 5.56 Å². The van der Waals surface area contributed by atoms with Gasteiger partial charge in [-0.2, -0.15) is 0 Å². The maximum absolute atomic E-state index is 13.5. The van der Waals surface area contributed by atoms with E-state index in [0.717, 1.165) is 23.1 Å². The molecule has 3 aromatic rings. The predicted octanol–water partition coefficient (Wildman–Crippen LogP) is 4.85. The van der Waals surface area contributed by atoms with Crippen LogP contribution >= 0.6 is 0 Å².